The molecule has 2 heterocycles. The number of amides is 1. The van der Waals surface area contributed by atoms with Crippen LogP contribution in [-0.2, 0) is 11.8 Å². The maximum atomic E-state index is 12.9. The van der Waals surface area contributed by atoms with E-state index >= 15 is 0 Å². The fraction of sp³-hybridized carbons (Fsp3) is 0.412. The van der Waals surface area contributed by atoms with Crippen molar-refractivity contribution in [2.45, 2.75) is 10.8 Å². The van der Waals surface area contributed by atoms with Crippen LogP contribution < -0.4 is 10.2 Å². The van der Waals surface area contributed by atoms with Gasteiger partial charge >= 0.3 is 0 Å². The molecule has 1 aliphatic heterocycles. The van der Waals surface area contributed by atoms with Gasteiger partial charge < -0.3 is 10.2 Å². The van der Waals surface area contributed by atoms with Crippen molar-refractivity contribution in [2.24, 2.45) is 13.0 Å². The lowest BCUT2D eigenvalue weighted by Gasteiger charge is -2.24. The summed E-state index contributed by atoms with van der Waals surface area (Å²) in [6.07, 6.45) is 5.92. The van der Waals surface area contributed by atoms with E-state index in [2.05, 4.69) is 22.5 Å². The topological polar surface area (TPSA) is 50.2 Å². The van der Waals surface area contributed by atoms with Crippen LogP contribution in [0.15, 0.2) is 41.6 Å². The fourth-order valence-electron chi connectivity index (χ4n) is 3.10. The van der Waals surface area contributed by atoms with E-state index in [1.54, 1.807) is 21.3 Å². The summed E-state index contributed by atoms with van der Waals surface area (Å²) in [7, 11) is 3.76. The third kappa shape index (κ3) is 3.28. The van der Waals surface area contributed by atoms with Gasteiger partial charge in [-0.2, -0.15) is 5.10 Å². The highest BCUT2D eigenvalue weighted by Gasteiger charge is 2.36. The number of aromatic nitrogens is 2. The van der Waals surface area contributed by atoms with Gasteiger partial charge in [0, 0.05) is 49.9 Å². The number of hydrogen-bond donors (Lipinski definition) is 1. The van der Waals surface area contributed by atoms with Crippen LogP contribution in [0.1, 0.15) is 11.5 Å². The Labute approximate surface area is 141 Å². The summed E-state index contributed by atoms with van der Waals surface area (Å²) < 4.78 is 1.79. The molecule has 2 aromatic rings. The maximum absolute atomic E-state index is 12.9. The molecule has 3 rings (SSSR count). The second kappa shape index (κ2) is 6.76. The summed E-state index contributed by atoms with van der Waals surface area (Å²) in [5.41, 5.74) is 2.06. The molecule has 1 amide bonds. The SMILES string of the molecule is CSc1ccc(N(C)C(=O)[C@H]2CNC[C@@H]2c2cnn(C)c2)cc1. The van der Waals surface area contributed by atoms with Crippen molar-refractivity contribution in [3.63, 3.8) is 0 Å². The predicted octanol–water partition coefficient (Wildman–Crippen LogP) is 2.11. The Balaban J connectivity index is 1.77. The first-order chi connectivity index (χ1) is 11.1. The molecule has 1 N–H and O–H groups in total. The van der Waals surface area contributed by atoms with Gasteiger partial charge in [0.1, 0.15) is 0 Å². The Hall–Kier alpha value is -1.79. The van der Waals surface area contributed by atoms with Gasteiger partial charge in [-0.15, -0.1) is 11.8 Å². The van der Waals surface area contributed by atoms with Crippen LogP contribution in [0.3, 0.4) is 0 Å². The van der Waals surface area contributed by atoms with Crippen LogP contribution >= 0.6 is 11.8 Å². The van der Waals surface area contributed by atoms with Crippen molar-refractivity contribution in [3.05, 3.63) is 42.2 Å². The van der Waals surface area contributed by atoms with E-state index in [9.17, 15) is 4.79 Å². The summed E-state index contributed by atoms with van der Waals surface area (Å²) in [5, 5.41) is 7.59. The molecule has 0 unspecified atom stereocenters. The number of carbonyl (C=O) groups is 1. The van der Waals surface area contributed by atoms with Crippen molar-refractivity contribution < 1.29 is 4.79 Å². The molecule has 1 fully saturated rings. The molecule has 6 heteroatoms. The zero-order valence-corrected chi connectivity index (χ0v) is 14.5. The van der Waals surface area contributed by atoms with Gasteiger partial charge in [0.05, 0.1) is 12.1 Å². The van der Waals surface area contributed by atoms with E-state index in [4.69, 9.17) is 0 Å². The predicted molar refractivity (Wildman–Crippen MR) is 93.9 cm³/mol. The van der Waals surface area contributed by atoms with Gasteiger partial charge in [0.15, 0.2) is 0 Å². The van der Waals surface area contributed by atoms with Crippen LogP contribution in [0.5, 0.6) is 0 Å². The minimum absolute atomic E-state index is 0.0515. The minimum Gasteiger partial charge on any atom is -0.315 e. The smallest absolute Gasteiger partial charge is 0.231 e. The van der Waals surface area contributed by atoms with Crippen LogP contribution in [0.2, 0.25) is 0 Å². The summed E-state index contributed by atoms with van der Waals surface area (Å²) in [6, 6.07) is 8.11. The lowest BCUT2D eigenvalue weighted by Crippen LogP contribution is -2.36. The van der Waals surface area contributed by atoms with Gasteiger partial charge in [-0.3, -0.25) is 9.48 Å². The number of aryl methyl sites for hydroxylation is 1. The van der Waals surface area contributed by atoms with Crippen LogP contribution in [0.25, 0.3) is 0 Å². The van der Waals surface area contributed by atoms with E-state index in [-0.39, 0.29) is 17.7 Å². The van der Waals surface area contributed by atoms with Crippen LogP contribution in [0, 0.1) is 5.92 Å². The zero-order valence-electron chi connectivity index (χ0n) is 13.7. The van der Waals surface area contributed by atoms with Gasteiger partial charge in [0.25, 0.3) is 0 Å². The molecule has 0 bridgehead atoms. The van der Waals surface area contributed by atoms with Crippen molar-refractivity contribution in [3.8, 4) is 0 Å². The number of hydrogen-bond acceptors (Lipinski definition) is 4. The summed E-state index contributed by atoms with van der Waals surface area (Å²) in [6.45, 7) is 1.53. The van der Waals surface area contributed by atoms with Crippen molar-refractivity contribution >= 4 is 23.4 Å². The molecule has 0 radical (unpaired) electrons. The number of nitrogens with one attached hydrogen (secondary N) is 1. The highest BCUT2D eigenvalue weighted by Crippen LogP contribution is 2.30. The zero-order chi connectivity index (χ0) is 16.4. The number of thioether (sulfide) groups is 1. The minimum atomic E-state index is -0.0515. The van der Waals surface area contributed by atoms with Gasteiger partial charge in [0.2, 0.25) is 5.91 Å². The Morgan fingerprint density at radius 1 is 1.35 bits per heavy atom. The van der Waals surface area contributed by atoms with Crippen molar-refractivity contribution in [2.75, 3.05) is 31.3 Å². The number of carbonyl (C=O) groups excluding carboxylic acids is 1. The largest absolute Gasteiger partial charge is 0.315 e. The molecular weight excluding hydrogens is 308 g/mol. The standard InChI is InChI=1S/C17H22N4OS/c1-20-11-12(8-19-20)15-9-18-10-16(15)17(22)21(2)13-4-6-14(23-3)7-5-13/h4-8,11,15-16,18H,9-10H2,1-3H3/t15-,16+/m1/s1. The van der Waals surface area contributed by atoms with E-state index in [0.717, 1.165) is 17.8 Å². The van der Waals surface area contributed by atoms with Crippen LogP contribution in [-0.4, -0.2) is 42.1 Å². The quantitative estimate of drug-likeness (QED) is 0.873. The van der Waals surface area contributed by atoms with Gasteiger partial charge in [-0.25, -0.2) is 0 Å². The van der Waals surface area contributed by atoms with Gasteiger partial charge in [-0.05, 0) is 36.1 Å². The maximum Gasteiger partial charge on any atom is 0.231 e. The summed E-state index contributed by atoms with van der Waals surface area (Å²) >= 11 is 1.70. The Bertz CT molecular complexity index is 682. The van der Waals surface area contributed by atoms with E-state index in [1.807, 2.05) is 44.9 Å². The van der Waals surface area contributed by atoms with Crippen LogP contribution in [0.4, 0.5) is 5.69 Å². The second-order valence-corrected chi connectivity index (χ2v) is 6.79. The fourth-order valence-corrected chi connectivity index (χ4v) is 3.51. The summed E-state index contributed by atoms with van der Waals surface area (Å²) in [4.78, 5) is 15.9. The summed E-state index contributed by atoms with van der Waals surface area (Å²) in [5.74, 6) is 0.286. The lowest BCUT2D eigenvalue weighted by molar-refractivity contribution is -0.121. The second-order valence-electron chi connectivity index (χ2n) is 5.91. The molecule has 0 aliphatic carbocycles. The van der Waals surface area contributed by atoms with E-state index in [0.29, 0.717) is 6.54 Å². The number of rotatable bonds is 4. The molecule has 1 aliphatic rings. The molecule has 122 valence electrons. The average molecular weight is 330 g/mol. The molecule has 2 atom stereocenters. The first-order valence-corrected chi connectivity index (χ1v) is 8.93. The first-order valence-electron chi connectivity index (χ1n) is 7.71. The Morgan fingerprint density at radius 2 is 2.09 bits per heavy atom. The number of nitrogens with zero attached hydrogens (tertiary/aromatic N) is 3. The third-order valence-corrected chi connectivity index (χ3v) is 5.22. The normalized spacial score (nSPS) is 20.7. The highest BCUT2D eigenvalue weighted by molar-refractivity contribution is 7.98. The third-order valence-electron chi connectivity index (χ3n) is 4.47. The molecule has 5 nitrogen and oxygen atoms in total. The molecule has 0 spiro atoms. The Morgan fingerprint density at radius 3 is 2.70 bits per heavy atom. The lowest BCUT2D eigenvalue weighted by atomic mass is 9.90. The molecule has 23 heavy (non-hydrogen) atoms. The van der Waals surface area contributed by atoms with E-state index < -0.39 is 0 Å². The number of anilines is 1. The van der Waals surface area contributed by atoms with Crippen molar-refractivity contribution in [1.82, 2.24) is 15.1 Å². The Kier molecular flexibility index (Phi) is 4.73. The molecule has 1 saturated heterocycles. The number of benzene rings is 1. The van der Waals surface area contributed by atoms with E-state index in [1.165, 1.54) is 4.90 Å². The first kappa shape index (κ1) is 16.1. The van der Waals surface area contributed by atoms with Crippen molar-refractivity contribution in [1.29, 1.82) is 0 Å². The molecule has 1 aromatic carbocycles. The van der Waals surface area contributed by atoms with Gasteiger partial charge in [-0.1, -0.05) is 0 Å². The average Bonchev–Trinajstić information content (AvgIpc) is 3.22. The molecular formula is C17H22N4OS. The molecule has 0 saturated carbocycles. The molecule has 1 aromatic heterocycles. The monoisotopic (exact) mass is 330 g/mol. The highest BCUT2D eigenvalue weighted by atomic mass is 32.2.